The normalized spacial score (nSPS) is 10.2. The van der Waals surface area contributed by atoms with Crippen molar-refractivity contribution in [3.63, 3.8) is 0 Å². The van der Waals surface area contributed by atoms with Crippen molar-refractivity contribution in [3.05, 3.63) is 29.3 Å². The molecule has 0 aliphatic heterocycles. The number of hydrogen-bond acceptors (Lipinski definition) is 5. The third-order valence-corrected chi connectivity index (χ3v) is 2.64. The van der Waals surface area contributed by atoms with Crippen molar-refractivity contribution in [1.82, 2.24) is 0 Å². The first-order valence-electron chi connectivity index (χ1n) is 5.79. The molecule has 1 aromatic rings. The number of carbonyl (C=O) groups is 1. The lowest BCUT2D eigenvalue weighted by Gasteiger charge is -2.25. The molecule has 0 unspecified atom stereocenters. The van der Waals surface area contributed by atoms with E-state index in [2.05, 4.69) is 0 Å². The number of esters is 1. The van der Waals surface area contributed by atoms with Crippen LogP contribution in [0.5, 0.6) is 0 Å². The summed E-state index contributed by atoms with van der Waals surface area (Å²) in [5.41, 5.74) is 2.06. The number of anilines is 1. The zero-order valence-corrected chi connectivity index (χ0v) is 10.7. The summed E-state index contributed by atoms with van der Waals surface area (Å²) < 4.78 is 4.75. The molecule has 5 nitrogen and oxygen atoms in total. The Bertz CT molecular complexity index is 400. The molecule has 2 N–H and O–H groups in total. The van der Waals surface area contributed by atoms with Crippen molar-refractivity contribution in [1.29, 1.82) is 0 Å². The molecule has 0 fully saturated rings. The number of rotatable bonds is 6. The van der Waals surface area contributed by atoms with E-state index in [1.165, 1.54) is 7.11 Å². The minimum atomic E-state index is -0.422. The molecule has 100 valence electrons. The van der Waals surface area contributed by atoms with Crippen LogP contribution in [0, 0.1) is 6.92 Å². The number of carbonyl (C=O) groups excluding carboxylic acids is 1. The molecule has 0 aliphatic rings. The predicted molar refractivity (Wildman–Crippen MR) is 68.9 cm³/mol. The molecule has 1 aromatic carbocycles. The van der Waals surface area contributed by atoms with E-state index >= 15 is 0 Å². The first kappa shape index (κ1) is 14.5. The van der Waals surface area contributed by atoms with Gasteiger partial charge in [0.15, 0.2) is 0 Å². The van der Waals surface area contributed by atoms with Crippen LogP contribution in [0.15, 0.2) is 18.2 Å². The highest BCUT2D eigenvalue weighted by molar-refractivity contribution is 5.96. The molecule has 18 heavy (non-hydrogen) atoms. The van der Waals surface area contributed by atoms with Gasteiger partial charge in [0.25, 0.3) is 0 Å². The molecule has 0 atom stereocenters. The maximum absolute atomic E-state index is 11.7. The summed E-state index contributed by atoms with van der Waals surface area (Å²) in [6.45, 7) is 2.50. The zero-order chi connectivity index (χ0) is 13.5. The Morgan fingerprint density at radius 1 is 1.28 bits per heavy atom. The summed E-state index contributed by atoms with van der Waals surface area (Å²) in [4.78, 5) is 13.5. The van der Waals surface area contributed by atoms with Crippen LogP contribution < -0.4 is 4.90 Å². The van der Waals surface area contributed by atoms with Crippen molar-refractivity contribution >= 4 is 11.7 Å². The van der Waals surface area contributed by atoms with Crippen molar-refractivity contribution in [2.75, 3.05) is 38.3 Å². The van der Waals surface area contributed by atoms with Gasteiger partial charge in [0.2, 0.25) is 0 Å². The average Bonchev–Trinajstić information content (AvgIpc) is 2.37. The van der Waals surface area contributed by atoms with Gasteiger partial charge in [-0.1, -0.05) is 11.6 Å². The van der Waals surface area contributed by atoms with E-state index in [-0.39, 0.29) is 13.2 Å². The highest BCUT2D eigenvalue weighted by atomic mass is 16.5. The quantitative estimate of drug-likeness (QED) is 0.725. The van der Waals surface area contributed by atoms with Crippen molar-refractivity contribution in [2.24, 2.45) is 0 Å². The molecule has 0 radical (unpaired) electrons. The molecule has 0 spiro atoms. The maximum Gasteiger partial charge on any atom is 0.339 e. The van der Waals surface area contributed by atoms with Crippen molar-refractivity contribution in [3.8, 4) is 0 Å². The van der Waals surface area contributed by atoms with Gasteiger partial charge in [-0.3, -0.25) is 0 Å². The summed E-state index contributed by atoms with van der Waals surface area (Å²) >= 11 is 0. The topological polar surface area (TPSA) is 70.0 Å². The summed E-state index contributed by atoms with van der Waals surface area (Å²) in [6, 6.07) is 5.42. The molecule has 0 saturated heterocycles. The van der Waals surface area contributed by atoms with Gasteiger partial charge in [0.1, 0.15) is 0 Å². The van der Waals surface area contributed by atoms with E-state index in [9.17, 15) is 4.79 Å². The molecular formula is C13H19NO4. The average molecular weight is 253 g/mol. The lowest BCUT2D eigenvalue weighted by Crippen LogP contribution is -2.31. The Hall–Kier alpha value is -1.59. The Kier molecular flexibility index (Phi) is 5.61. The maximum atomic E-state index is 11.7. The second-order valence-electron chi connectivity index (χ2n) is 3.95. The van der Waals surface area contributed by atoms with Gasteiger partial charge in [-0.2, -0.15) is 0 Å². The Balaban J connectivity index is 3.15. The van der Waals surface area contributed by atoms with E-state index in [4.69, 9.17) is 14.9 Å². The second-order valence-corrected chi connectivity index (χ2v) is 3.95. The van der Waals surface area contributed by atoms with Crippen LogP contribution in [-0.4, -0.2) is 49.6 Å². The lowest BCUT2D eigenvalue weighted by molar-refractivity contribution is 0.0601. The van der Waals surface area contributed by atoms with Crippen LogP contribution in [0.1, 0.15) is 15.9 Å². The van der Waals surface area contributed by atoms with Crippen LogP contribution in [0.2, 0.25) is 0 Å². The number of aryl methyl sites for hydroxylation is 1. The van der Waals surface area contributed by atoms with Gasteiger partial charge >= 0.3 is 5.97 Å². The van der Waals surface area contributed by atoms with Gasteiger partial charge in [0.05, 0.1) is 31.6 Å². The SMILES string of the molecule is COC(=O)c1cc(C)ccc1N(CCO)CCO. The first-order valence-corrected chi connectivity index (χ1v) is 5.79. The number of aliphatic hydroxyl groups excluding tert-OH is 2. The standard InChI is InChI=1S/C13H19NO4/c1-10-3-4-12(11(9-10)13(17)18-2)14(5-7-15)6-8-16/h3-4,9,15-16H,5-8H2,1-2H3. The van der Waals surface area contributed by atoms with Gasteiger partial charge in [0, 0.05) is 13.1 Å². The fourth-order valence-electron chi connectivity index (χ4n) is 1.79. The minimum absolute atomic E-state index is 0.0471. The summed E-state index contributed by atoms with van der Waals surface area (Å²) in [5.74, 6) is -0.422. The molecule has 5 heteroatoms. The highest BCUT2D eigenvalue weighted by Crippen LogP contribution is 2.22. The van der Waals surface area contributed by atoms with Crippen LogP contribution in [-0.2, 0) is 4.74 Å². The molecular weight excluding hydrogens is 234 g/mol. The largest absolute Gasteiger partial charge is 0.465 e. The van der Waals surface area contributed by atoms with Crippen molar-refractivity contribution < 1.29 is 19.7 Å². The van der Waals surface area contributed by atoms with Crippen LogP contribution in [0.4, 0.5) is 5.69 Å². The Morgan fingerprint density at radius 3 is 2.39 bits per heavy atom. The summed E-state index contributed by atoms with van der Waals surface area (Å²) in [7, 11) is 1.33. The molecule has 0 heterocycles. The Morgan fingerprint density at radius 2 is 1.89 bits per heavy atom. The molecule has 1 rings (SSSR count). The second kappa shape index (κ2) is 6.98. The van der Waals surface area contributed by atoms with Crippen LogP contribution in [0.25, 0.3) is 0 Å². The number of aliphatic hydroxyl groups is 2. The number of methoxy groups -OCH3 is 1. The van der Waals surface area contributed by atoms with E-state index in [1.807, 2.05) is 13.0 Å². The molecule has 0 amide bonds. The minimum Gasteiger partial charge on any atom is -0.465 e. The van der Waals surface area contributed by atoms with Gasteiger partial charge in [-0.25, -0.2) is 4.79 Å². The fraction of sp³-hybridized carbons (Fsp3) is 0.462. The van der Waals surface area contributed by atoms with E-state index in [0.717, 1.165) is 5.56 Å². The van der Waals surface area contributed by atoms with Crippen molar-refractivity contribution in [2.45, 2.75) is 6.92 Å². The first-order chi connectivity index (χ1) is 8.63. The molecule has 0 bridgehead atoms. The zero-order valence-electron chi connectivity index (χ0n) is 10.7. The van der Waals surface area contributed by atoms with Crippen LogP contribution in [0.3, 0.4) is 0 Å². The van der Waals surface area contributed by atoms with Gasteiger partial charge in [-0.15, -0.1) is 0 Å². The molecule has 0 aliphatic carbocycles. The fourth-order valence-corrected chi connectivity index (χ4v) is 1.79. The number of nitrogens with zero attached hydrogens (tertiary/aromatic N) is 1. The highest BCUT2D eigenvalue weighted by Gasteiger charge is 2.16. The lowest BCUT2D eigenvalue weighted by atomic mass is 10.1. The predicted octanol–water partition coefficient (Wildman–Crippen LogP) is 0.573. The smallest absolute Gasteiger partial charge is 0.339 e. The van der Waals surface area contributed by atoms with E-state index in [0.29, 0.717) is 24.3 Å². The number of hydrogen-bond donors (Lipinski definition) is 2. The molecule has 0 saturated carbocycles. The molecule has 0 aromatic heterocycles. The van der Waals surface area contributed by atoms with Crippen LogP contribution >= 0.6 is 0 Å². The van der Waals surface area contributed by atoms with E-state index in [1.54, 1.807) is 17.0 Å². The number of benzene rings is 1. The number of ether oxygens (including phenoxy) is 1. The third kappa shape index (κ3) is 3.45. The third-order valence-electron chi connectivity index (χ3n) is 2.64. The van der Waals surface area contributed by atoms with Gasteiger partial charge < -0.3 is 19.8 Å². The summed E-state index contributed by atoms with van der Waals surface area (Å²) in [5, 5.41) is 18.1. The summed E-state index contributed by atoms with van der Waals surface area (Å²) in [6.07, 6.45) is 0. The monoisotopic (exact) mass is 253 g/mol. The Labute approximate surface area is 107 Å². The van der Waals surface area contributed by atoms with Gasteiger partial charge in [-0.05, 0) is 19.1 Å². The van der Waals surface area contributed by atoms with E-state index < -0.39 is 5.97 Å².